The molecule has 0 N–H and O–H groups in total. The zero-order valence-corrected chi connectivity index (χ0v) is 13.3. The highest BCUT2D eigenvalue weighted by molar-refractivity contribution is 7.92. The molecule has 2 aromatic carbocycles. The van der Waals surface area contributed by atoms with Crippen LogP contribution in [0.15, 0.2) is 47.9 Å². The lowest BCUT2D eigenvalue weighted by Gasteiger charge is -2.12. The molecule has 2 rings (SSSR count). The maximum atomic E-state index is 13.3. The van der Waals surface area contributed by atoms with Gasteiger partial charge in [0.15, 0.2) is 0 Å². The molecule has 0 radical (unpaired) electrons. The first-order valence-corrected chi connectivity index (χ1v) is 8.12. The Morgan fingerprint density at radius 1 is 1.12 bits per heavy atom. The van der Waals surface area contributed by atoms with Crippen LogP contribution < -0.4 is 4.74 Å². The van der Waals surface area contributed by atoms with Crippen LogP contribution in [0, 0.1) is 5.82 Å². The molecule has 0 aliphatic carbocycles. The Bertz CT molecular complexity index is 872. The zero-order chi connectivity index (χ0) is 18.1. The molecule has 0 fully saturated rings. The summed E-state index contributed by atoms with van der Waals surface area (Å²) in [5.74, 6) is -0.684. The molecule has 0 heterocycles. The lowest BCUT2D eigenvalue weighted by Crippen LogP contribution is -2.23. The largest absolute Gasteiger partial charge is 0.501 e. The Morgan fingerprint density at radius 3 is 2.33 bits per heavy atom. The van der Waals surface area contributed by atoms with Crippen LogP contribution in [0.1, 0.15) is 5.56 Å². The smallest absolute Gasteiger partial charge is 0.457 e. The lowest BCUT2D eigenvalue weighted by molar-refractivity contribution is -0.0436. The second-order valence-electron chi connectivity index (χ2n) is 4.56. The van der Waals surface area contributed by atoms with Crippen molar-refractivity contribution in [2.24, 2.45) is 0 Å². The van der Waals surface area contributed by atoms with E-state index in [9.17, 15) is 26.0 Å². The van der Waals surface area contributed by atoms with Crippen LogP contribution in [0.3, 0.4) is 0 Å². The van der Waals surface area contributed by atoms with Gasteiger partial charge in [-0.05, 0) is 30.3 Å². The van der Waals surface area contributed by atoms with E-state index in [1.54, 1.807) is 0 Å². The lowest BCUT2D eigenvalue weighted by atomic mass is 10.2. The van der Waals surface area contributed by atoms with E-state index in [4.69, 9.17) is 16.3 Å². The second-order valence-corrected chi connectivity index (χ2v) is 6.94. The van der Waals surface area contributed by atoms with Gasteiger partial charge in [-0.3, -0.25) is 0 Å². The monoisotopic (exact) mass is 380 g/mol. The molecule has 128 valence electrons. The molecule has 0 saturated heterocycles. The number of alkyl halides is 3. The third kappa shape index (κ3) is 3.70. The number of ether oxygens (including phenoxy) is 1. The van der Waals surface area contributed by atoms with E-state index in [0.717, 1.165) is 36.4 Å². The van der Waals surface area contributed by atoms with E-state index in [2.05, 4.69) is 6.58 Å². The van der Waals surface area contributed by atoms with Crippen molar-refractivity contribution < 1.29 is 30.7 Å². The van der Waals surface area contributed by atoms with Crippen LogP contribution in [0.25, 0.3) is 6.08 Å². The van der Waals surface area contributed by atoms with E-state index >= 15 is 0 Å². The van der Waals surface area contributed by atoms with Gasteiger partial charge in [0.05, 0.1) is 4.90 Å². The Hall–Kier alpha value is -2.06. The van der Waals surface area contributed by atoms with E-state index in [1.165, 1.54) is 6.07 Å². The summed E-state index contributed by atoms with van der Waals surface area (Å²) in [5.41, 5.74) is -5.44. The van der Waals surface area contributed by atoms with Crippen LogP contribution in [-0.4, -0.2) is 13.9 Å². The van der Waals surface area contributed by atoms with E-state index < -0.39 is 26.1 Å². The Kier molecular flexibility index (Phi) is 4.91. The first-order valence-electron chi connectivity index (χ1n) is 6.26. The van der Waals surface area contributed by atoms with Crippen molar-refractivity contribution in [3.63, 3.8) is 0 Å². The van der Waals surface area contributed by atoms with Crippen molar-refractivity contribution >= 4 is 27.5 Å². The fourth-order valence-electron chi connectivity index (χ4n) is 1.79. The molecule has 3 nitrogen and oxygen atoms in total. The summed E-state index contributed by atoms with van der Waals surface area (Å²) in [6.45, 7) is 3.40. The summed E-state index contributed by atoms with van der Waals surface area (Å²) < 4.78 is 79.2. The minimum Gasteiger partial charge on any atom is -0.457 e. The first kappa shape index (κ1) is 18.3. The van der Waals surface area contributed by atoms with Gasteiger partial charge in [-0.1, -0.05) is 24.3 Å². The number of sulfone groups is 1. The van der Waals surface area contributed by atoms with Gasteiger partial charge >= 0.3 is 5.51 Å². The SMILES string of the molecule is C=Cc1cc(S(=O)(=O)C(F)(F)F)ccc1Oc1cc(F)cc(Cl)c1. The maximum absolute atomic E-state index is 13.3. The van der Waals surface area contributed by atoms with Crippen LogP contribution in [-0.2, 0) is 9.84 Å². The van der Waals surface area contributed by atoms with Crippen LogP contribution in [0.2, 0.25) is 5.02 Å². The summed E-state index contributed by atoms with van der Waals surface area (Å²) in [6, 6.07) is 5.88. The van der Waals surface area contributed by atoms with Gasteiger partial charge in [0.1, 0.15) is 17.3 Å². The number of hydrogen-bond acceptors (Lipinski definition) is 3. The third-order valence-electron chi connectivity index (χ3n) is 2.88. The highest BCUT2D eigenvalue weighted by atomic mass is 35.5. The summed E-state index contributed by atoms with van der Waals surface area (Å²) in [5, 5.41) is 0.0569. The molecular weight excluding hydrogens is 372 g/mol. The topological polar surface area (TPSA) is 43.4 Å². The Balaban J connectivity index is 2.45. The molecular formula is C15H9ClF4O3S. The minimum absolute atomic E-state index is 0.00507. The molecule has 24 heavy (non-hydrogen) atoms. The van der Waals surface area contributed by atoms with E-state index in [1.807, 2.05) is 0 Å². The van der Waals surface area contributed by atoms with Crippen molar-refractivity contribution in [2.45, 2.75) is 10.4 Å². The molecule has 0 spiro atoms. The normalized spacial score (nSPS) is 12.0. The minimum atomic E-state index is -5.50. The van der Waals surface area contributed by atoms with E-state index in [-0.39, 0.29) is 22.1 Å². The number of hydrogen-bond donors (Lipinski definition) is 0. The predicted molar refractivity (Wildman–Crippen MR) is 81.3 cm³/mol. The second kappa shape index (κ2) is 6.45. The highest BCUT2D eigenvalue weighted by Crippen LogP contribution is 2.35. The average Bonchev–Trinajstić information content (AvgIpc) is 2.45. The van der Waals surface area contributed by atoms with Gasteiger partial charge in [-0.15, -0.1) is 0 Å². The van der Waals surface area contributed by atoms with Crippen molar-refractivity contribution in [3.05, 3.63) is 59.4 Å². The summed E-state index contributed by atoms with van der Waals surface area (Å²) in [6.07, 6.45) is 1.12. The maximum Gasteiger partial charge on any atom is 0.501 e. The Labute approximate surface area is 140 Å². The van der Waals surface area contributed by atoms with Gasteiger partial charge < -0.3 is 4.74 Å². The van der Waals surface area contributed by atoms with Crippen LogP contribution >= 0.6 is 11.6 Å². The fraction of sp³-hybridized carbons (Fsp3) is 0.0667. The number of halogens is 5. The molecule has 0 aromatic heterocycles. The third-order valence-corrected chi connectivity index (χ3v) is 4.58. The summed E-state index contributed by atoms with van der Waals surface area (Å²) >= 11 is 5.68. The molecule has 0 bridgehead atoms. The van der Waals surface area contributed by atoms with Gasteiger partial charge in [0.25, 0.3) is 9.84 Å². The van der Waals surface area contributed by atoms with Crippen LogP contribution in [0.4, 0.5) is 17.6 Å². The van der Waals surface area contributed by atoms with Crippen molar-refractivity contribution in [2.75, 3.05) is 0 Å². The summed E-state index contributed by atoms with van der Waals surface area (Å²) in [7, 11) is -5.50. The average molecular weight is 381 g/mol. The van der Waals surface area contributed by atoms with Gasteiger partial charge in [-0.25, -0.2) is 12.8 Å². The Morgan fingerprint density at radius 2 is 1.79 bits per heavy atom. The molecule has 0 atom stereocenters. The molecule has 0 unspecified atom stereocenters. The van der Waals surface area contributed by atoms with Crippen molar-refractivity contribution in [1.29, 1.82) is 0 Å². The quantitative estimate of drug-likeness (QED) is 0.684. The number of rotatable bonds is 4. The first-order chi connectivity index (χ1) is 11.0. The number of benzene rings is 2. The fourth-order valence-corrected chi connectivity index (χ4v) is 2.80. The van der Waals surface area contributed by atoms with Crippen LogP contribution in [0.5, 0.6) is 11.5 Å². The van der Waals surface area contributed by atoms with E-state index in [0.29, 0.717) is 0 Å². The standard InChI is InChI=1S/C15H9ClF4O3S/c1-2-9-5-13(24(21,22)15(18,19)20)3-4-14(9)23-12-7-10(16)6-11(17)8-12/h2-8H,1H2. The molecule has 0 saturated carbocycles. The predicted octanol–water partition coefficient (Wildman–Crippen LogP) is 5.21. The van der Waals surface area contributed by atoms with Crippen molar-refractivity contribution in [3.8, 4) is 11.5 Å². The van der Waals surface area contributed by atoms with Crippen molar-refractivity contribution in [1.82, 2.24) is 0 Å². The zero-order valence-electron chi connectivity index (χ0n) is 11.8. The summed E-state index contributed by atoms with van der Waals surface area (Å²) in [4.78, 5) is -0.950. The molecule has 0 amide bonds. The van der Waals surface area contributed by atoms with Gasteiger partial charge in [0.2, 0.25) is 0 Å². The van der Waals surface area contributed by atoms with Gasteiger partial charge in [-0.2, -0.15) is 13.2 Å². The molecule has 0 aliphatic heterocycles. The molecule has 9 heteroatoms. The highest BCUT2D eigenvalue weighted by Gasteiger charge is 2.47. The van der Waals surface area contributed by atoms with Gasteiger partial charge in [0, 0.05) is 16.7 Å². The molecule has 2 aromatic rings. The molecule has 0 aliphatic rings.